The minimum Gasteiger partial charge on any atom is -0.339 e. The molecule has 1 N–H and O–H groups in total. The molecule has 2 aromatic heterocycles. The van der Waals surface area contributed by atoms with E-state index >= 15 is 0 Å². The van der Waals surface area contributed by atoms with Crippen molar-refractivity contribution >= 4 is 11.6 Å². The van der Waals surface area contributed by atoms with Gasteiger partial charge in [-0.05, 0) is 36.2 Å². The first-order chi connectivity index (χ1) is 11.7. The number of pyridine rings is 1. The highest BCUT2D eigenvalue weighted by Crippen LogP contribution is 2.15. The Morgan fingerprint density at radius 1 is 1.12 bits per heavy atom. The van der Waals surface area contributed by atoms with E-state index in [9.17, 15) is 4.79 Å². The van der Waals surface area contributed by atoms with Gasteiger partial charge < -0.3 is 9.84 Å². The van der Waals surface area contributed by atoms with E-state index in [4.69, 9.17) is 4.52 Å². The fourth-order valence-corrected chi connectivity index (χ4v) is 2.24. The van der Waals surface area contributed by atoms with E-state index in [1.807, 2.05) is 24.3 Å². The Balaban J connectivity index is 1.53. The molecule has 3 aromatic rings. The Kier molecular flexibility index (Phi) is 4.96. The van der Waals surface area contributed by atoms with Crippen molar-refractivity contribution in [1.29, 1.82) is 0 Å². The van der Waals surface area contributed by atoms with Gasteiger partial charge in [0, 0.05) is 36.5 Å². The summed E-state index contributed by atoms with van der Waals surface area (Å²) in [7, 11) is 0. The van der Waals surface area contributed by atoms with Gasteiger partial charge in [0.15, 0.2) is 0 Å². The Labute approximate surface area is 139 Å². The van der Waals surface area contributed by atoms with E-state index in [-0.39, 0.29) is 12.3 Å². The quantitative estimate of drug-likeness (QED) is 0.753. The Morgan fingerprint density at radius 2 is 1.88 bits per heavy atom. The van der Waals surface area contributed by atoms with Crippen molar-refractivity contribution in [3.8, 4) is 11.4 Å². The lowest BCUT2D eigenvalue weighted by atomic mass is 10.1. The van der Waals surface area contributed by atoms with Crippen LogP contribution < -0.4 is 5.32 Å². The van der Waals surface area contributed by atoms with Gasteiger partial charge in [-0.2, -0.15) is 4.98 Å². The predicted molar refractivity (Wildman–Crippen MR) is 90.3 cm³/mol. The molecule has 0 aliphatic carbocycles. The summed E-state index contributed by atoms with van der Waals surface area (Å²) in [5, 5.41) is 6.79. The molecule has 0 unspecified atom stereocenters. The summed E-state index contributed by atoms with van der Waals surface area (Å²) in [6.45, 7) is 2.10. The van der Waals surface area contributed by atoms with E-state index < -0.39 is 0 Å². The number of aryl methyl sites for hydroxylation is 2. The zero-order valence-corrected chi connectivity index (χ0v) is 13.4. The number of nitrogens with zero attached hydrogens (tertiary/aromatic N) is 3. The maximum absolute atomic E-state index is 12.0. The van der Waals surface area contributed by atoms with Gasteiger partial charge in [-0.3, -0.25) is 9.78 Å². The van der Waals surface area contributed by atoms with E-state index in [1.54, 1.807) is 24.5 Å². The van der Waals surface area contributed by atoms with Gasteiger partial charge in [0.25, 0.3) is 0 Å². The molecule has 0 spiro atoms. The van der Waals surface area contributed by atoms with E-state index in [1.165, 1.54) is 5.56 Å². The molecule has 0 bridgehead atoms. The van der Waals surface area contributed by atoms with Crippen molar-refractivity contribution in [2.24, 2.45) is 0 Å². The second-order valence-corrected chi connectivity index (χ2v) is 5.35. The van der Waals surface area contributed by atoms with Crippen LogP contribution in [0.15, 0.2) is 53.3 Å². The summed E-state index contributed by atoms with van der Waals surface area (Å²) in [4.78, 5) is 20.3. The molecule has 0 aliphatic rings. The molecule has 0 radical (unpaired) electrons. The molecule has 0 aliphatic heterocycles. The van der Waals surface area contributed by atoms with Crippen LogP contribution in [0, 0.1) is 0 Å². The van der Waals surface area contributed by atoms with E-state index in [2.05, 4.69) is 27.4 Å². The van der Waals surface area contributed by atoms with Crippen LogP contribution in [-0.4, -0.2) is 21.0 Å². The van der Waals surface area contributed by atoms with Crippen molar-refractivity contribution in [3.63, 3.8) is 0 Å². The molecule has 1 aromatic carbocycles. The number of rotatable bonds is 6. The highest BCUT2D eigenvalue weighted by Gasteiger charge is 2.10. The zero-order chi connectivity index (χ0) is 16.8. The smallest absolute Gasteiger partial charge is 0.227 e. The summed E-state index contributed by atoms with van der Waals surface area (Å²) in [5.74, 6) is 0.865. The highest BCUT2D eigenvalue weighted by molar-refractivity contribution is 5.90. The van der Waals surface area contributed by atoms with Crippen molar-refractivity contribution in [3.05, 3.63) is 60.2 Å². The fraction of sp³-hybridized carbons (Fsp3) is 0.222. The molecule has 6 nitrogen and oxygen atoms in total. The topological polar surface area (TPSA) is 80.9 Å². The molecule has 6 heteroatoms. The third-order valence-electron chi connectivity index (χ3n) is 3.62. The van der Waals surface area contributed by atoms with E-state index in [0.29, 0.717) is 18.1 Å². The molecule has 0 fully saturated rings. The van der Waals surface area contributed by atoms with Gasteiger partial charge in [-0.15, -0.1) is 0 Å². The number of nitrogens with one attached hydrogen (secondary N) is 1. The Bertz CT molecular complexity index is 797. The van der Waals surface area contributed by atoms with Crippen LogP contribution in [0.3, 0.4) is 0 Å². The molecule has 0 saturated heterocycles. The Hall–Kier alpha value is -3.02. The third-order valence-corrected chi connectivity index (χ3v) is 3.62. The summed E-state index contributed by atoms with van der Waals surface area (Å²) in [5.41, 5.74) is 2.86. The summed E-state index contributed by atoms with van der Waals surface area (Å²) in [6.07, 6.45) is 5.00. The average molecular weight is 322 g/mol. The van der Waals surface area contributed by atoms with Gasteiger partial charge in [0.05, 0.1) is 0 Å². The first-order valence-corrected chi connectivity index (χ1v) is 7.86. The summed E-state index contributed by atoms with van der Waals surface area (Å²) >= 11 is 0. The number of aromatic nitrogens is 3. The molecule has 0 saturated carbocycles. The lowest BCUT2D eigenvalue weighted by molar-refractivity contribution is -0.116. The second kappa shape index (κ2) is 7.50. The monoisotopic (exact) mass is 322 g/mol. The van der Waals surface area contributed by atoms with Gasteiger partial charge in [-0.1, -0.05) is 24.2 Å². The zero-order valence-electron chi connectivity index (χ0n) is 13.4. The normalized spacial score (nSPS) is 10.5. The molecular formula is C18H18N4O2. The summed E-state index contributed by atoms with van der Waals surface area (Å²) in [6, 6.07) is 11.4. The molecular weight excluding hydrogens is 304 g/mol. The van der Waals surface area contributed by atoms with Crippen LogP contribution >= 0.6 is 0 Å². The van der Waals surface area contributed by atoms with Crippen LogP contribution in [0.4, 0.5) is 5.69 Å². The largest absolute Gasteiger partial charge is 0.339 e. The van der Waals surface area contributed by atoms with E-state index in [0.717, 1.165) is 17.7 Å². The van der Waals surface area contributed by atoms with Gasteiger partial charge in [-0.25, -0.2) is 0 Å². The molecule has 2 heterocycles. The Morgan fingerprint density at radius 3 is 2.58 bits per heavy atom. The molecule has 1 amide bonds. The summed E-state index contributed by atoms with van der Waals surface area (Å²) < 4.78 is 5.19. The van der Waals surface area contributed by atoms with Crippen LogP contribution in [0.2, 0.25) is 0 Å². The SMILES string of the molecule is CCc1ccc(NC(=O)CCc2nc(-c3ccncc3)no2)cc1. The number of carbonyl (C=O) groups is 1. The number of anilines is 1. The van der Waals surface area contributed by atoms with Crippen LogP contribution in [0.1, 0.15) is 24.8 Å². The minimum absolute atomic E-state index is 0.0806. The fourth-order valence-electron chi connectivity index (χ4n) is 2.24. The van der Waals surface area contributed by atoms with Crippen molar-refractivity contribution in [1.82, 2.24) is 15.1 Å². The maximum atomic E-state index is 12.0. The molecule has 0 atom stereocenters. The van der Waals surface area contributed by atoms with Gasteiger partial charge >= 0.3 is 0 Å². The number of hydrogen-bond donors (Lipinski definition) is 1. The first-order valence-electron chi connectivity index (χ1n) is 7.86. The maximum Gasteiger partial charge on any atom is 0.227 e. The standard InChI is InChI=1S/C18H18N4O2/c1-2-13-3-5-15(6-4-13)20-16(23)7-8-17-21-18(22-24-17)14-9-11-19-12-10-14/h3-6,9-12H,2,7-8H2,1H3,(H,20,23). The number of hydrogen-bond acceptors (Lipinski definition) is 5. The molecule has 24 heavy (non-hydrogen) atoms. The van der Waals surface area contributed by atoms with Crippen LogP contribution in [0.5, 0.6) is 0 Å². The first kappa shape index (κ1) is 15.9. The lowest BCUT2D eigenvalue weighted by Crippen LogP contribution is -2.12. The van der Waals surface area contributed by atoms with Crippen molar-refractivity contribution in [2.45, 2.75) is 26.2 Å². The third kappa shape index (κ3) is 4.04. The minimum atomic E-state index is -0.0806. The molecule has 3 rings (SSSR count). The highest BCUT2D eigenvalue weighted by atomic mass is 16.5. The van der Waals surface area contributed by atoms with Crippen molar-refractivity contribution < 1.29 is 9.32 Å². The lowest BCUT2D eigenvalue weighted by Gasteiger charge is -2.05. The predicted octanol–water partition coefficient (Wildman–Crippen LogP) is 3.27. The average Bonchev–Trinajstić information content (AvgIpc) is 3.10. The number of amides is 1. The van der Waals surface area contributed by atoms with Crippen LogP contribution in [-0.2, 0) is 17.6 Å². The number of benzene rings is 1. The van der Waals surface area contributed by atoms with Gasteiger partial charge in [0.2, 0.25) is 17.6 Å². The molecule has 122 valence electrons. The van der Waals surface area contributed by atoms with Crippen LogP contribution in [0.25, 0.3) is 11.4 Å². The van der Waals surface area contributed by atoms with Gasteiger partial charge in [0.1, 0.15) is 0 Å². The van der Waals surface area contributed by atoms with Crippen molar-refractivity contribution in [2.75, 3.05) is 5.32 Å². The number of carbonyl (C=O) groups excluding carboxylic acids is 1. The second-order valence-electron chi connectivity index (χ2n) is 5.35.